The summed E-state index contributed by atoms with van der Waals surface area (Å²) in [7, 11) is 0. The van der Waals surface area contributed by atoms with E-state index < -0.39 is 18.1 Å². The molecule has 32 heavy (non-hydrogen) atoms. The second-order valence-electron chi connectivity index (χ2n) is 8.51. The molecule has 2 aliphatic heterocycles. The summed E-state index contributed by atoms with van der Waals surface area (Å²) in [4.78, 5) is 34.7. The molecule has 3 aromatic carbocycles. The van der Waals surface area contributed by atoms with Crippen LogP contribution in [0.4, 0.5) is 11.4 Å². The van der Waals surface area contributed by atoms with Crippen molar-refractivity contribution in [2.75, 3.05) is 9.96 Å². The second kappa shape index (κ2) is 7.50. The first-order valence-corrected chi connectivity index (χ1v) is 10.6. The van der Waals surface area contributed by atoms with E-state index in [0.717, 1.165) is 27.9 Å². The maximum absolute atomic E-state index is 13.8. The van der Waals surface area contributed by atoms with Gasteiger partial charge in [0.25, 0.3) is 5.91 Å². The zero-order chi connectivity index (χ0) is 22.6. The van der Waals surface area contributed by atoms with Crippen molar-refractivity contribution in [3.8, 4) is 5.75 Å². The molecule has 5 rings (SSSR count). The Morgan fingerprint density at radius 1 is 0.844 bits per heavy atom. The first-order chi connectivity index (χ1) is 15.4. The van der Waals surface area contributed by atoms with Gasteiger partial charge >= 0.3 is 0 Å². The van der Waals surface area contributed by atoms with Crippen LogP contribution in [-0.4, -0.2) is 23.0 Å². The number of hydrogen-bond acceptors (Lipinski definition) is 5. The lowest BCUT2D eigenvalue weighted by Gasteiger charge is -2.29. The van der Waals surface area contributed by atoms with E-state index in [9.17, 15) is 14.7 Å². The summed E-state index contributed by atoms with van der Waals surface area (Å²) in [5, 5.41) is 11.4. The van der Waals surface area contributed by atoms with Crippen molar-refractivity contribution >= 4 is 23.2 Å². The minimum atomic E-state index is -0.915. The van der Waals surface area contributed by atoms with Crippen LogP contribution in [0.2, 0.25) is 0 Å². The van der Waals surface area contributed by atoms with Crippen LogP contribution in [-0.2, 0) is 14.4 Å². The van der Waals surface area contributed by atoms with Gasteiger partial charge in [-0.3, -0.25) is 14.4 Å². The monoisotopic (exact) mass is 428 g/mol. The predicted octanol–water partition coefficient (Wildman–Crippen LogP) is 4.37. The Balaban J connectivity index is 1.61. The van der Waals surface area contributed by atoms with E-state index in [1.807, 2.05) is 63.2 Å². The highest BCUT2D eigenvalue weighted by Gasteiger charge is 2.60. The molecular formula is C26H24N2O4. The Labute approximate surface area is 186 Å². The minimum absolute atomic E-state index is 0.136. The summed E-state index contributed by atoms with van der Waals surface area (Å²) in [5.74, 6) is -1.19. The molecule has 0 bridgehead atoms. The summed E-state index contributed by atoms with van der Waals surface area (Å²) < 4.78 is 0. The van der Waals surface area contributed by atoms with Crippen LogP contribution >= 0.6 is 0 Å². The number of imide groups is 1. The molecule has 0 radical (unpaired) electrons. The highest BCUT2D eigenvalue weighted by molar-refractivity contribution is 6.24. The van der Waals surface area contributed by atoms with Gasteiger partial charge in [0.1, 0.15) is 11.7 Å². The van der Waals surface area contributed by atoms with Gasteiger partial charge in [0.15, 0.2) is 6.10 Å². The van der Waals surface area contributed by atoms with Crippen LogP contribution in [0, 0.1) is 26.7 Å². The number of carbonyl (C=O) groups excluding carboxylic acids is 2. The van der Waals surface area contributed by atoms with E-state index in [1.54, 1.807) is 29.3 Å². The number of fused-ring (bicyclic) bond motifs is 1. The third-order valence-corrected chi connectivity index (χ3v) is 6.22. The van der Waals surface area contributed by atoms with Crippen molar-refractivity contribution in [1.29, 1.82) is 0 Å². The summed E-state index contributed by atoms with van der Waals surface area (Å²) in [6.45, 7) is 5.82. The number of aryl methyl sites for hydroxylation is 3. The van der Waals surface area contributed by atoms with Gasteiger partial charge in [-0.25, -0.2) is 9.96 Å². The predicted molar refractivity (Wildman–Crippen MR) is 121 cm³/mol. The molecule has 2 heterocycles. The van der Waals surface area contributed by atoms with E-state index >= 15 is 0 Å². The van der Waals surface area contributed by atoms with Crippen LogP contribution < -0.4 is 9.96 Å². The Bertz CT molecular complexity index is 1180. The van der Waals surface area contributed by atoms with Crippen molar-refractivity contribution in [1.82, 2.24) is 0 Å². The SMILES string of the molecule is Cc1cc(C)c(N2C(=O)[C@@H]3[C@@H](ON(c4ccccc4)[C@H]3c3ccc(O)cc3)C2=O)c(C)c1. The van der Waals surface area contributed by atoms with Gasteiger partial charge in [-0.1, -0.05) is 48.0 Å². The van der Waals surface area contributed by atoms with Gasteiger partial charge in [-0.2, -0.15) is 0 Å². The van der Waals surface area contributed by atoms with E-state index in [4.69, 9.17) is 4.84 Å². The van der Waals surface area contributed by atoms with E-state index in [-0.39, 0.29) is 17.6 Å². The number of benzene rings is 3. The molecule has 0 unspecified atom stereocenters. The van der Waals surface area contributed by atoms with Crippen molar-refractivity contribution in [3.05, 3.63) is 89.0 Å². The normalized spacial score (nSPS) is 22.5. The Hall–Kier alpha value is -3.64. The number of amides is 2. The first-order valence-electron chi connectivity index (χ1n) is 10.6. The summed E-state index contributed by atoms with van der Waals surface area (Å²) in [6, 6.07) is 19.6. The van der Waals surface area contributed by atoms with Crippen LogP contribution in [0.25, 0.3) is 0 Å². The van der Waals surface area contributed by atoms with Crippen molar-refractivity contribution in [3.63, 3.8) is 0 Å². The maximum Gasteiger partial charge on any atom is 0.266 e. The molecule has 0 saturated carbocycles. The quantitative estimate of drug-likeness (QED) is 0.628. The van der Waals surface area contributed by atoms with Gasteiger partial charge in [-0.15, -0.1) is 0 Å². The fourth-order valence-corrected chi connectivity index (χ4v) is 4.97. The number of phenols is 1. The second-order valence-corrected chi connectivity index (χ2v) is 8.51. The number of para-hydroxylation sites is 1. The number of aromatic hydroxyl groups is 1. The Morgan fingerprint density at radius 3 is 2.09 bits per heavy atom. The number of phenolic OH excluding ortho intramolecular Hbond substituents is 1. The molecule has 2 amide bonds. The largest absolute Gasteiger partial charge is 0.508 e. The molecule has 2 aliphatic rings. The van der Waals surface area contributed by atoms with Gasteiger partial charge in [-0.05, 0) is 61.7 Å². The molecule has 162 valence electrons. The van der Waals surface area contributed by atoms with E-state index in [2.05, 4.69) is 0 Å². The lowest BCUT2D eigenvalue weighted by atomic mass is 9.90. The highest BCUT2D eigenvalue weighted by atomic mass is 16.7. The average molecular weight is 428 g/mol. The molecule has 3 atom stereocenters. The standard InChI is InChI=1S/C26H24N2O4/c1-15-13-16(2)22(17(3)14-15)27-25(30)21-23(18-9-11-20(29)12-10-18)28(32-24(21)26(27)31)19-7-5-4-6-8-19/h4-14,21,23-24,29H,1-3H3/t21-,23-,24+/m0/s1. The smallest absolute Gasteiger partial charge is 0.266 e. The number of rotatable bonds is 3. The molecule has 6 heteroatoms. The average Bonchev–Trinajstić information content (AvgIpc) is 3.26. The van der Waals surface area contributed by atoms with Gasteiger partial charge < -0.3 is 5.11 Å². The molecule has 2 fully saturated rings. The van der Waals surface area contributed by atoms with E-state index in [0.29, 0.717) is 5.69 Å². The molecule has 3 aromatic rings. The molecular weight excluding hydrogens is 404 g/mol. The maximum atomic E-state index is 13.8. The molecule has 0 spiro atoms. The fraction of sp³-hybridized carbons (Fsp3) is 0.231. The van der Waals surface area contributed by atoms with Crippen LogP contribution in [0.15, 0.2) is 66.7 Å². The summed E-state index contributed by atoms with van der Waals surface area (Å²) >= 11 is 0. The molecule has 1 N–H and O–H groups in total. The molecule has 2 saturated heterocycles. The molecule has 0 aliphatic carbocycles. The molecule has 0 aromatic heterocycles. The topological polar surface area (TPSA) is 70.1 Å². The molecule has 6 nitrogen and oxygen atoms in total. The number of anilines is 2. The van der Waals surface area contributed by atoms with Crippen molar-refractivity contribution in [2.24, 2.45) is 5.92 Å². The lowest BCUT2D eigenvalue weighted by Crippen LogP contribution is -2.38. The van der Waals surface area contributed by atoms with Gasteiger partial charge in [0, 0.05) is 0 Å². The van der Waals surface area contributed by atoms with Gasteiger partial charge in [0.2, 0.25) is 5.91 Å². The van der Waals surface area contributed by atoms with Crippen LogP contribution in [0.1, 0.15) is 28.3 Å². The lowest BCUT2D eigenvalue weighted by molar-refractivity contribution is -0.126. The van der Waals surface area contributed by atoms with Crippen molar-refractivity contribution < 1.29 is 19.5 Å². The van der Waals surface area contributed by atoms with Crippen LogP contribution in [0.5, 0.6) is 5.75 Å². The van der Waals surface area contributed by atoms with E-state index in [1.165, 1.54) is 4.90 Å². The Morgan fingerprint density at radius 2 is 1.47 bits per heavy atom. The zero-order valence-corrected chi connectivity index (χ0v) is 18.1. The number of carbonyl (C=O) groups is 2. The van der Waals surface area contributed by atoms with Crippen LogP contribution in [0.3, 0.4) is 0 Å². The minimum Gasteiger partial charge on any atom is -0.508 e. The summed E-state index contributed by atoms with van der Waals surface area (Å²) in [5.41, 5.74) is 5.03. The summed E-state index contributed by atoms with van der Waals surface area (Å²) in [6.07, 6.45) is -0.915. The Kier molecular flexibility index (Phi) is 4.75. The highest BCUT2D eigenvalue weighted by Crippen LogP contribution is 2.48. The zero-order valence-electron chi connectivity index (χ0n) is 18.1. The fourth-order valence-electron chi connectivity index (χ4n) is 4.97. The van der Waals surface area contributed by atoms with Gasteiger partial charge in [0.05, 0.1) is 17.4 Å². The number of hydrogen-bond donors (Lipinski definition) is 1. The van der Waals surface area contributed by atoms with Crippen molar-refractivity contribution in [2.45, 2.75) is 32.9 Å². The third-order valence-electron chi connectivity index (χ3n) is 6.22. The first kappa shape index (κ1) is 20.3. The number of nitrogens with zero attached hydrogens (tertiary/aromatic N) is 2. The number of hydroxylamine groups is 1. The third kappa shape index (κ3) is 3.07.